The molecule has 162 valence electrons. The van der Waals surface area contributed by atoms with Crippen LogP contribution in [0.2, 0.25) is 0 Å². The summed E-state index contributed by atoms with van der Waals surface area (Å²) in [6.07, 6.45) is 1.78. The van der Waals surface area contributed by atoms with E-state index in [1.165, 1.54) is 29.5 Å². The highest BCUT2D eigenvalue weighted by atomic mass is 79.9. The normalized spacial score (nSPS) is 15.9. The predicted octanol–water partition coefficient (Wildman–Crippen LogP) is 7.13. The van der Waals surface area contributed by atoms with Crippen LogP contribution in [0.1, 0.15) is 16.7 Å². The number of aryl methyl sites for hydroxylation is 1. The second kappa shape index (κ2) is 10.0. The zero-order valence-corrected chi connectivity index (χ0v) is 20.9. The Morgan fingerprint density at radius 1 is 1.06 bits per heavy atom. The van der Waals surface area contributed by atoms with E-state index in [4.69, 9.17) is 4.74 Å². The zero-order chi connectivity index (χ0) is 22.7. The molecule has 4 nitrogen and oxygen atoms in total. The molecule has 1 fully saturated rings. The van der Waals surface area contributed by atoms with Gasteiger partial charge in [-0.3, -0.25) is 4.79 Å². The minimum absolute atomic E-state index is 0.234. The fourth-order valence-corrected chi connectivity index (χ4v) is 5.20. The topological polar surface area (TPSA) is 50.7 Å². The van der Waals surface area contributed by atoms with Crippen LogP contribution in [0, 0.1) is 12.7 Å². The van der Waals surface area contributed by atoms with Gasteiger partial charge in [-0.1, -0.05) is 29.8 Å². The van der Waals surface area contributed by atoms with Gasteiger partial charge in [-0.05, 0) is 104 Å². The highest BCUT2D eigenvalue weighted by molar-refractivity contribution is 9.11. The molecule has 0 aromatic heterocycles. The SMILES string of the molecule is Cc1ccc(COc2c(Br)cc(/C=C3/SC(=Nc4ccc(F)cc4)NC3=O)cc2Br)cc1. The molecule has 8 heteroatoms. The summed E-state index contributed by atoms with van der Waals surface area (Å²) < 4.78 is 20.6. The zero-order valence-electron chi connectivity index (χ0n) is 16.9. The Balaban J connectivity index is 1.49. The number of nitrogens with zero attached hydrogens (tertiary/aromatic N) is 1. The number of ether oxygens (including phenoxy) is 1. The third-order valence-electron chi connectivity index (χ3n) is 4.53. The number of amides is 1. The Bertz CT molecular complexity index is 1200. The second-order valence-electron chi connectivity index (χ2n) is 7.05. The molecule has 3 aromatic rings. The third kappa shape index (κ3) is 5.68. The van der Waals surface area contributed by atoms with Gasteiger partial charge >= 0.3 is 0 Å². The summed E-state index contributed by atoms with van der Waals surface area (Å²) in [6.45, 7) is 2.49. The van der Waals surface area contributed by atoms with E-state index in [-0.39, 0.29) is 11.7 Å². The van der Waals surface area contributed by atoms with Gasteiger partial charge in [0.05, 0.1) is 19.5 Å². The van der Waals surface area contributed by atoms with Crippen LogP contribution >= 0.6 is 43.6 Å². The van der Waals surface area contributed by atoms with Gasteiger partial charge in [0.1, 0.15) is 18.2 Å². The molecule has 0 unspecified atom stereocenters. The van der Waals surface area contributed by atoms with Crippen molar-refractivity contribution in [3.63, 3.8) is 0 Å². The Kier molecular flexibility index (Phi) is 7.13. The van der Waals surface area contributed by atoms with E-state index in [1.807, 2.05) is 31.2 Å². The van der Waals surface area contributed by atoms with Crippen molar-refractivity contribution in [2.24, 2.45) is 4.99 Å². The number of rotatable bonds is 5. The molecule has 0 atom stereocenters. The molecule has 0 spiro atoms. The van der Waals surface area contributed by atoms with E-state index in [1.54, 1.807) is 18.2 Å². The number of thioether (sulfide) groups is 1. The van der Waals surface area contributed by atoms with Crippen LogP contribution in [-0.4, -0.2) is 11.1 Å². The summed E-state index contributed by atoms with van der Waals surface area (Å²) in [6, 6.07) is 17.7. The first-order valence-corrected chi connectivity index (χ1v) is 12.0. The van der Waals surface area contributed by atoms with Crippen molar-refractivity contribution in [2.75, 3.05) is 0 Å². The molecule has 1 heterocycles. The van der Waals surface area contributed by atoms with E-state index >= 15 is 0 Å². The highest BCUT2D eigenvalue weighted by Gasteiger charge is 2.24. The van der Waals surface area contributed by atoms with Crippen LogP contribution in [0.5, 0.6) is 5.75 Å². The van der Waals surface area contributed by atoms with Crippen molar-refractivity contribution in [1.82, 2.24) is 5.32 Å². The summed E-state index contributed by atoms with van der Waals surface area (Å²) in [5, 5.41) is 3.18. The molecule has 1 aliphatic rings. The van der Waals surface area contributed by atoms with Crippen LogP contribution in [0.25, 0.3) is 6.08 Å². The molecule has 1 aliphatic heterocycles. The van der Waals surface area contributed by atoms with Crippen molar-refractivity contribution in [1.29, 1.82) is 0 Å². The quantitative estimate of drug-likeness (QED) is 0.329. The van der Waals surface area contributed by atoms with Gasteiger partial charge in [0.2, 0.25) is 0 Å². The van der Waals surface area contributed by atoms with Crippen LogP contribution in [0.3, 0.4) is 0 Å². The monoisotopic (exact) mass is 574 g/mol. The van der Waals surface area contributed by atoms with Crippen LogP contribution in [0.4, 0.5) is 10.1 Å². The first-order chi connectivity index (χ1) is 15.4. The van der Waals surface area contributed by atoms with Gasteiger partial charge in [-0.25, -0.2) is 9.38 Å². The lowest BCUT2D eigenvalue weighted by molar-refractivity contribution is -0.115. The fraction of sp³-hybridized carbons (Fsp3) is 0.0833. The number of amidine groups is 1. The molecular formula is C24H17Br2FN2O2S. The van der Waals surface area contributed by atoms with E-state index < -0.39 is 0 Å². The maximum atomic E-state index is 13.1. The third-order valence-corrected chi connectivity index (χ3v) is 6.62. The number of carbonyl (C=O) groups is 1. The molecule has 32 heavy (non-hydrogen) atoms. The smallest absolute Gasteiger partial charge is 0.264 e. The first kappa shape index (κ1) is 22.8. The van der Waals surface area contributed by atoms with E-state index in [0.717, 1.165) is 20.1 Å². The average Bonchev–Trinajstić information content (AvgIpc) is 3.09. The Morgan fingerprint density at radius 2 is 1.72 bits per heavy atom. The molecule has 1 amide bonds. The van der Waals surface area contributed by atoms with Gasteiger partial charge < -0.3 is 10.1 Å². The largest absolute Gasteiger partial charge is 0.487 e. The molecule has 1 saturated heterocycles. The van der Waals surface area contributed by atoms with Crippen LogP contribution in [-0.2, 0) is 11.4 Å². The Hall–Kier alpha value is -2.42. The predicted molar refractivity (Wildman–Crippen MR) is 135 cm³/mol. The van der Waals surface area contributed by atoms with Crippen LogP contribution < -0.4 is 10.1 Å². The van der Waals surface area contributed by atoms with Gasteiger partial charge in [-0.2, -0.15) is 0 Å². The Morgan fingerprint density at radius 3 is 2.38 bits per heavy atom. The van der Waals surface area contributed by atoms with Crippen molar-refractivity contribution < 1.29 is 13.9 Å². The van der Waals surface area contributed by atoms with E-state index in [0.29, 0.717) is 28.1 Å². The van der Waals surface area contributed by atoms with Gasteiger partial charge in [0.15, 0.2) is 5.17 Å². The number of carbonyl (C=O) groups excluding carboxylic acids is 1. The molecule has 0 bridgehead atoms. The molecule has 0 saturated carbocycles. The molecule has 4 rings (SSSR count). The number of benzene rings is 3. The molecule has 1 N–H and O–H groups in total. The maximum Gasteiger partial charge on any atom is 0.264 e. The standard InChI is InChI=1S/C24H17Br2FN2O2S/c1-14-2-4-15(5-3-14)13-31-22-19(25)10-16(11-20(22)26)12-21-23(30)29-24(32-21)28-18-8-6-17(27)7-9-18/h2-12H,13H2,1H3,(H,28,29,30)/b21-12+. The lowest BCUT2D eigenvalue weighted by Crippen LogP contribution is -2.19. The summed E-state index contributed by atoms with van der Waals surface area (Å²) >= 11 is 8.36. The number of nitrogens with one attached hydrogen (secondary N) is 1. The molecule has 3 aromatic carbocycles. The summed E-state index contributed by atoms with van der Waals surface area (Å²) in [5.74, 6) is 0.123. The molecular weight excluding hydrogens is 559 g/mol. The minimum atomic E-state index is -0.333. The van der Waals surface area contributed by atoms with Gasteiger partial charge in [0.25, 0.3) is 5.91 Å². The van der Waals surface area contributed by atoms with Crippen LogP contribution in [0.15, 0.2) is 79.5 Å². The highest BCUT2D eigenvalue weighted by Crippen LogP contribution is 2.37. The molecule has 0 aliphatic carbocycles. The van der Waals surface area contributed by atoms with Crippen molar-refractivity contribution in [3.8, 4) is 5.75 Å². The minimum Gasteiger partial charge on any atom is -0.487 e. The summed E-state index contributed by atoms with van der Waals surface area (Å²) in [7, 11) is 0. The summed E-state index contributed by atoms with van der Waals surface area (Å²) in [5.41, 5.74) is 3.67. The van der Waals surface area contributed by atoms with E-state index in [9.17, 15) is 9.18 Å². The van der Waals surface area contributed by atoms with Crippen molar-refractivity contribution in [3.05, 3.63) is 97.0 Å². The van der Waals surface area contributed by atoms with Crippen molar-refractivity contribution >= 4 is 66.5 Å². The second-order valence-corrected chi connectivity index (χ2v) is 9.79. The van der Waals surface area contributed by atoms with Crippen molar-refractivity contribution in [2.45, 2.75) is 13.5 Å². The van der Waals surface area contributed by atoms with Gasteiger partial charge in [-0.15, -0.1) is 0 Å². The number of hydrogen-bond acceptors (Lipinski definition) is 4. The Labute approximate surface area is 206 Å². The maximum absolute atomic E-state index is 13.1. The average molecular weight is 576 g/mol. The van der Waals surface area contributed by atoms with Gasteiger partial charge in [0, 0.05) is 0 Å². The summed E-state index contributed by atoms with van der Waals surface area (Å²) in [4.78, 5) is 17.2. The fourth-order valence-electron chi connectivity index (χ4n) is 2.91. The number of hydrogen-bond donors (Lipinski definition) is 1. The first-order valence-electron chi connectivity index (χ1n) is 9.60. The lowest BCUT2D eigenvalue weighted by atomic mass is 10.1. The molecule has 0 radical (unpaired) electrons. The number of halogens is 3. The van der Waals surface area contributed by atoms with E-state index in [2.05, 4.69) is 54.3 Å². The number of aliphatic imine (C=N–C) groups is 1. The lowest BCUT2D eigenvalue weighted by Gasteiger charge is -2.12.